The molecule has 162 valence electrons. The third-order valence-corrected chi connectivity index (χ3v) is 6.91. The number of aromatic nitrogens is 1. The number of allylic oxidation sites excluding steroid dienone is 4. The van der Waals surface area contributed by atoms with E-state index in [4.69, 9.17) is 9.15 Å². The van der Waals surface area contributed by atoms with Crippen molar-refractivity contribution in [2.45, 2.75) is 43.9 Å². The van der Waals surface area contributed by atoms with E-state index in [0.29, 0.717) is 18.3 Å². The van der Waals surface area contributed by atoms with Crippen molar-refractivity contribution in [3.8, 4) is 11.3 Å². The highest BCUT2D eigenvalue weighted by Gasteiger charge is 2.34. The van der Waals surface area contributed by atoms with E-state index in [1.54, 1.807) is 13.3 Å². The number of rotatable bonds is 6. The summed E-state index contributed by atoms with van der Waals surface area (Å²) in [6.45, 7) is 3.87. The second-order valence-corrected chi connectivity index (χ2v) is 8.90. The number of carbonyl (C=O) groups excluding carboxylic acids is 1. The van der Waals surface area contributed by atoms with Gasteiger partial charge >= 0.3 is 0 Å². The first-order chi connectivity index (χ1) is 15.2. The molecule has 31 heavy (non-hydrogen) atoms. The van der Waals surface area contributed by atoms with Gasteiger partial charge in [-0.2, -0.15) is 0 Å². The molecule has 5 rings (SSSR count). The van der Waals surface area contributed by atoms with E-state index in [-0.39, 0.29) is 5.78 Å². The maximum absolute atomic E-state index is 11.9. The van der Waals surface area contributed by atoms with E-state index in [1.165, 1.54) is 23.1 Å². The van der Waals surface area contributed by atoms with Crippen molar-refractivity contribution >= 4 is 5.78 Å². The first-order valence-electron chi connectivity index (χ1n) is 11.4. The van der Waals surface area contributed by atoms with Crippen LogP contribution in [0.2, 0.25) is 0 Å². The summed E-state index contributed by atoms with van der Waals surface area (Å²) in [5, 5.41) is 0. The summed E-state index contributed by atoms with van der Waals surface area (Å²) in [4.78, 5) is 18.7. The van der Waals surface area contributed by atoms with Gasteiger partial charge < -0.3 is 14.1 Å². The number of methoxy groups -OCH3 is 1. The van der Waals surface area contributed by atoms with Crippen LogP contribution in [0.15, 0.2) is 58.3 Å². The Labute approximate surface area is 183 Å². The van der Waals surface area contributed by atoms with E-state index in [9.17, 15) is 4.79 Å². The first-order valence-corrected chi connectivity index (χ1v) is 11.4. The lowest BCUT2D eigenvalue weighted by atomic mass is 9.87. The Kier molecular flexibility index (Phi) is 5.88. The van der Waals surface area contributed by atoms with Gasteiger partial charge in [-0.15, -0.1) is 0 Å². The third kappa shape index (κ3) is 4.17. The SMILES string of the molecule is COCCN1CCCC(c2cc(C3CCC4=CC(=O)CC=C43)c(-c3cccnc3)o2)C1. The summed E-state index contributed by atoms with van der Waals surface area (Å²) in [5.41, 5.74) is 4.81. The van der Waals surface area contributed by atoms with Gasteiger partial charge in [-0.25, -0.2) is 0 Å². The molecule has 0 N–H and O–H groups in total. The molecule has 2 aromatic heterocycles. The number of hydrogen-bond donors (Lipinski definition) is 0. The molecular formula is C26H30N2O3. The smallest absolute Gasteiger partial charge is 0.159 e. The molecule has 0 bridgehead atoms. The van der Waals surface area contributed by atoms with Crippen LogP contribution in [0, 0.1) is 0 Å². The lowest BCUT2D eigenvalue weighted by Gasteiger charge is -2.31. The zero-order chi connectivity index (χ0) is 21.2. The summed E-state index contributed by atoms with van der Waals surface area (Å²) >= 11 is 0. The Hall–Kier alpha value is -2.50. The molecule has 0 radical (unpaired) electrons. The Morgan fingerprint density at radius 1 is 1.32 bits per heavy atom. The van der Waals surface area contributed by atoms with E-state index >= 15 is 0 Å². The number of piperidine rings is 1. The molecular weight excluding hydrogens is 388 g/mol. The molecule has 1 saturated heterocycles. The highest BCUT2D eigenvalue weighted by Crippen LogP contribution is 2.49. The highest BCUT2D eigenvalue weighted by atomic mass is 16.5. The van der Waals surface area contributed by atoms with E-state index in [0.717, 1.165) is 62.6 Å². The molecule has 1 saturated carbocycles. The number of ketones is 1. The molecule has 0 aromatic carbocycles. The Morgan fingerprint density at radius 2 is 2.26 bits per heavy atom. The Balaban J connectivity index is 1.49. The number of ether oxygens (including phenoxy) is 1. The monoisotopic (exact) mass is 418 g/mol. The van der Waals surface area contributed by atoms with Crippen LogP contribution >= 0.6 is 0 Å². The lowest BCUT2D eigenvalue weighted by molar-refractivity contribution is -0.114. The van der Waals surface area contributed by atoms with Crippen molar-refractivity contribution < 1.29 is 13.9 Å². The van der Waals surface area contributed by atoms with Crippen LogP contribution in [0.3, 0.4) is 0 Å². The van der Waals surface area contributed by atoms with Gasteiger partial charge in [-0.1, -0.05) is 6.08 Å². The molecule has 2 fully saturated rings. The first kappa shape index (κ1) is 20.4. The predicted molar refractivity (Wildman–Crippen MR) is 120 cm³/mol. The minimum absolute atomic E-state index is 0.220. The average Bonchev–Trinajstić information content (AvgIpc) is 3.42. The molecule has 2 aliphatic carbocycles. The Morgan fingerprint density at radius 3 is 3.10 bits per heavy atom. The fourth-order valence-electron chi connectivity index (χ4n) is 5.36. The van der Waals surface area contributed by atoms with Crippen LogP contribution in [0.4, 0.5) is 0 Å². The fourth-order valence-corrected chi connectivity index (χ4v) is 5.36. The van der Waals surface area contributed by atoms with Crippen LogP contribution in [0.25, 0.3) is 11.3 Å². The molecule has 3 aliphatic rings. The van der Waals surface area contributed by atoms with Gasteiger partial charge in [0.1, 0.15) is 11.5 Å². The van der Waals surface area contributed by atoms with Crippen molar-refractivity contribution in [3.63, 3.8) is 0 Å². The van der Waals surface area contributed by atoms with Crippen LogP contribution in [0.5, 0.6) is 0 Å². The minimum Gasteiger partial charge on any atom is -0.460 e. The second-order valence-electron chi connectivity index (χ2n) is 8.90. The molecule has 3 heterocycles. The number of nitrogens with zero attached hydrogens (tertiary/aromatic N) is 2. The number of fused-ring (bicyclic) bond motifs is 1. The standard InChI is InChI=1S/C26H30N2O3/c1-30-13-12-28-11-3-5-20(17-28)25-15-24(26(31-25)19-4-2-10-27-16-19)23-8-6-18-14-21(29)7-9-22(18)23/h2,4,9-10,14-16,20,23H,3,5-8,11-13,17H2,1H3. The summed E-state index contributed by atoms with van der Waals surface area (Å²) in [6, 6.07) is 6.35. The lowest BCUT2D eigenvalue weighted by Crippen LogP contribution is -2.36. The van der Waals surface area contributed by atoms with Crippen molar-refractivity contribution in [1.29, 1.82) is 0 Å². The molecule has 0 spiro atoms. The Bertz CT molecular complexity index is 1000. The zero-order valence-corrected chi connectivity index (χ0v) is 18.2. The van der Waals surface area contributed by atoms with Crippen LogP contribution < -0.4 is 0 Å². The van der Waals surface area contributed by atoms with Gasteiger partial charge in [0, 0.05) is 62.0 Å². The number of carbonyl (C=O) groups is 1. The minimum atomic E-state index is 0.220. The second kappa shape index (κ2) is 8.93. The molecule has 5 heteroatoms. The zero-order valence-electron chi connectivity index (χ0n) is 18.2. The average molecular weight is 419 g/mol. The molecule has 0 amide bonds. The van der Waals surface area contributed by atoms with Crippen molar-refractivity contribution in [1.82, 2.24) is 9.88 Å². The van der Waals surface area contributed by atoms with Crippen LogP contribution in [0.1, 0.15) is 55.3 Å². The maximum atomic E-state index is 11.9. The van der Waals surface area contributed by atoms with Crippen molar-refractivity contribution in [2.24, 2.45) is 0 Å². The summed E-state index contributed by atoms with van der Waals surface area (Å²) < 4.78 is 11.9. The number of furan rings is 1. The number of hydrogen-bond acceptors (Lipinski definition) is 5. The maximum Gasteiger partial charge on any atom is 0.159 e. The van der Waals surface area contributed by atoms with E-state index in [1.807, 2.05) is 18.3 Å². The summed E-state index contributed by atoms with van der Waals surface area (Å²) in [7, 11) is 1.76. The molecule has 2 aromatic rings. The van der Waals surface area contributed by atoms with Gasteiger partial charge in [0.05, 0.1) is 6.61 Å². The summed E-state index contributed by atoms with van der Waals surface area (Å²) in [6.07, 6.45) is 12.5. The normalized spacial score (nSPS) is 24.1. The van der Waals surface area contributed by atoms with E-state index < -0.39 is 0 Å². The van der Waals surface area contributed by atoms with Gasteiger partial charge in [-0.3, -0.25) is 9.78 Å². The molecule has 2 atom stereocenters. The fraction of sp³-hybridized carbons (Fsp3) is 0.462. The van der Waals surface area contributed by atoms with Crippen LogP contribution in [-0.4, -0.2) is 49.0 Å². The highest BCUT2D eigenvalue weighted by molar-refractivity contribution is 5.94. The molecule has 2 unspecified atom stereocenters. The topological polar surface area (TPSA) is 55.6 Å². The number of likely N-dealkylation sites (tertiary alicyclic amines) is 1. The van der Waals surface area contributed by atoms with Gasteiger partial charge in [-0.05, 0) is 67.6 Å². The molecule has 1 aliphatic heterocycles. The summed E-state index contributed by atoms with van der Waals surface area (Å²) in [5.74, 6) is 2.94. The quantitative estimate of drug-likeness (QED) is 0.670. The van der Waals surface area contributed by atoms with Gasteiger partial charge in [0.15, 0.2) is 5.78 Å². The van der Waals surface area contributed by atoms with Gasteiger partial charge in [0.25, 0.3) is 0 Å². The molecule has 5 nitrogen and oxygen atoms in total. The predicted octanol–water partition coefficient (Wildman–Crippen LogP) is 4.87. The van der Waals surface area contributed by atoms with Gasteiger partial charge in [0.2, 0.25) is 0 Å². The number of pyridine rings is 1. The van der Waals surface area contributed by atoms with Crippen molar-refractivity contribution in [2.75, 3.05) is 33.4 Å². The third-order valence-electron chi connectivity index (χ3n) is 6.91. The van der Waals surface area contributed by atoms with E-state index in [2.05, 4.69) is 28.1 Å². The van der Waals surface area contributed by atoms with Crippen LogP contribution in [-0.2, 0) is 9.53 Å². The van der Waals surface area contributed by atoms with Crippen molar-refractivity contribution in [3.05, 3.63) is 65.2 Å². The largest absolute Gasteiger partial charge is 0.460 e.